The molecule has 128 valence electrons. The third kappa shape index (κ3) is 3.36. The van der Waals surface area contributed by atoms with Crippen LogP contribution in [0.1, 0.15) is 6.92 Å². The molecule has 9 heteroatoms. The Balaban J connectivity index is 2.31. The molecule has 0 aliphatic heterocycles. The quantitative estimate of drug-likeness (QED) is 0.617. The Kier molecular flexibility index (Phi) is 5.34. The molecule has 1 unspecified atom stereocenters. The summed E-state index contributed by atoms with van der Waals surface area (Å²) in [6.45, 7) is 3.72. The smallest absolute Gasteiger partial charge is 0.332 e. The van der Waals surface area contributed by atoms with Crippen molar-refractivity contribution in [1.29, 1.82) is 0 Å². The van der Waals surface area contributed by atoms with Gasteiger partial charge in [-0.3, -0.25) is 18.8 Å². The Morgan fingerprint density at radius 1 is 1.30 bits per heavy atom. The number of hydrogen-bond donors (Lipinski definition) is 2. The highest BCUT2D eigenvalue weighted by molar-refractivity contribution is 5.69. The summed E-state index contributed by atoms with van der Waals surface area (Å²) in [6, 6.07) is 0. The Hall–Kier alpha value is -1.97. The van der Waals surface area contributed by atoms with Crippen LogP contribution in [-0.4, -0.2) is 66.1 Å². The van der Waals surface area contributed by atoms with Crippen molar-refractivity contribution in [3.8, 4) is 0 Å². The van der Waals surface area contributed by atoms with Crippen LogP contribution < -0.4 is 11.2 Å². The number of aliphatic hydroxyl groups is 2. The third-order valence-electron chi connectivity index (χ3n) is 3.96. The van der Waals surface area contributed by atoms with E-state index < -0.39 is 17.4 Å². The van der Waals surface area contributed by atoms with Crippen molar-refractivity contribution in [2.75, 3.05) is 26.2 Å². The topological polar surface area (TPSA) is 106 Å². The van der Waals surface area contributed by atoms with Crippen LogP contribution in [0.5, 0.6) is 0 Å². The lowest BCUT2D eigenvalue weighted by atomic mass is 10.3. The minimum Gasteiger partial charge on any atom is -0.395 e. The molecule has 0 fully saturated rings. The van der Waals surface area contributed by atoms with Crippen LogP contribution >= 0.6 is 0 Å². The molecular weight excluding hydrogens is 302 g/mol. The molecular formula is C14H23N5O4. The number of aryl methyl sites for hydroxylation is 1. The van der Waals surface area contributed by atoms with E-state index in [4.69, 9.17) is 5.11 Å². The number of rotatable bonds is 7. The molecule has 0 bridgehead atoms. The fraction of sp³-hybridized carbons (Fsp3) is 0.643. The summed E-state index contributed by atoms with van der Waals surface area (Å²) in [6.07, 6.45) is 0.734. The standard InChI is InChI=1S/C14H23N5O4/c1-4-18(5-6-20)7-10(21)8-19-9-15-12-11(19)13(22)17(3)14(23)16(12)2/h9-10,20-21H,4-8H2,1-3H3. The van der Waals surface area contributed by atoms with E-state index in [-0.39, 0.29) is 13.2 Å². The summed E-state index contributed by atoms with van der Waals surface area (Å²) in [5, 5.41) is 19.2. The zero-order valence-electron chi connectivity index (χ0n) is 13.6. The van der Waals surface area contributed by atoms with Crippen LogP contribution in [0.4, 0.5) is 0 Å². The lowest BCUT2D eigenvalue weighted by Gasteiger charge is -2.22. The summed E-state index contributed by atoms with van der Waals surface area (Å²) in [5.41, 5.74) is -0.282. The minimum atomic E-state index is -0.721. The second kappa shape index (κ2) is 7.07. The van der Waals surface area contributed by atoms with Crippen LogP contribution in [-0.2, 0) is 20.6 Å². The van der Waals surface area contributed by atoms with Crippen molar-refractivity contribution in [3.63, 3.8) is 0 Å². The second-order valence-corrected chi connectivity index (χ2v) is 5.55. The van der Waals surface area contributed by atoms with E-state index >= 15 is 0 Å². The monoisotopic (exact) mass is 325 g/mol. The van der Waals surface area contributed by atoms with Crippen molar-refractivity contribution < 1.29 is 10.2 Å². The first kappa shape index (κ1) is 17.4. The zero-order valence-corrected chi connectivity index (χ0v) is 13.6. The summed E-state index contributed by atoms with van der Waals surface area (Å²) in [7, 11) is 2.97. The number of nitrogens with zero attached hydrogens (tertiary/aromatic N) is 5. The number of aliphatic hydroxyl groups excluding tert-OH is 2. The van der Waals surface area contributed by atoms with Gasteiger partial charge in [0.25, 0.3) is 5.56 Å². The van der Waals surface area contributed by atoms with E-state index in [1.54, 1.807) is 11.6 Å². The van der Waals surface area contributed by atoms with Gasteiger partial charge in [-0.15, -0.1) is 0 Å². The van der Waals surface area contributed by atoms with E-state index in [0.717, 1.165) is 4.57 Å². The highest BCUT2D eigenvalue weighted by Gasteiger charge is 2.17. The molecule has 2 N–H and O–H groups in total. The maximum Gasteiger partial charge on any atom is 0.332 e. The first-order valence-electron chi connectivity index (χ1n) is 7.52. The normalized spacial score (nSPS) is 13.1. The first-order valence-corrected chi connectivity index (χ1v) is 7.52. The Morgan fingerprint density at radius 2 is 2.00 bits per heavy atom. The average molecular weight is 325 g/mol. The van der Waals surface area contributed by atoms with Gasteiger partial charge in [0.05, 0.1) is 25.6 Å². The second-order valence-electron chi connectivity index (χ2n) is 5.55. The predicted molar refractivity (Wildman–Crippen MR) is 85.4 cm³/mol. The highest BCUT2D eigenvalue weighted by Crippen LogP contribution is 2.07. The minimum absolute atomic E-state index is 0.0250. The summed E-state index contributed by atoms with van der Waals surface area (Å²) in [5.74, 6) is 0. The largest absolute Gasteiger partial charge is 0.395 e. The summed E-state index contributed by atoms with van der Waals surface area (Å²) in [4.78, 5) is 30.2. The SMILES string of the molecule is CCN(CCO)CC(O)Cn1cnc2c1c(=O)n(C)c(=O)n2C. The molecule has 0 aliphatic rings. The number of fused-ring (bicyclic) bond motifs is 1. The van der Waals surface area contributed by atoms with E-state index in [9.17, 15) is 14.7 Å². The molecule has 0 spiro atoms. The van der Waals surface area contributed by atoms with Gasteiger partial charge in [-0.25, -0.2) is 9.78 Å². The maximum atomic E-state index is 12.3. The molecule has 2 aromatic heterocycles. The third-order valence-corrected chi connectivity index (χ3v) is 3.96. The molecule has 0 saturated carbocycles. The van der Waals surface area contributed by atoms with Crippen LogP contribution in [0.15, 0.2) is 15.9 Å². The number of aromatic nitrogens is 4. The van der Waals surface area contributed by atoms with Crippen molar-refractivity contribution in [1.82, 2.24) is 23.6 Å². The number of likely N-dealkylation sites (N-methyl/N-ethyl adjacent to an activating group) is 1. The first-order chi connectivity index (χ1) is 10.9. The molecule has 2 aromatic rings. The summed E-state index contributed by atoms with van der Waals surface area (Å²) >= 11 is 0. The van der Waals surface area contributed by atoms with Gasteiger partial charge < -0.3 is 14.8 Å². The molecule has 0 aliphatic carbocycles. The van der Waals surface area contributed by atoms with Crippen molar-refractivity contribution >= 4 is 11.2 Å². The van der Waals surface area contributed by atoms with Crippen molar-refractivity contribution in [2.45, 2.75) is 19.6 Å². The van der Waals surface area contributed by atoms with E-state index in [1.165, 1.54) is 17.9 Å². The van der Waals surface area contributed by atoms with E-state index in [0.29, 0.717) is 30.8 Å². The Morgan fingerprint density at radius 3 is 2.61 bits per heavy atom. The Labute approximate surface area is 133 Å². The predicted octanol–water partition coefficient (Wildman–Crippen LogP) is -1.89. The molecule has 2 heterocycles. The molecule has 0 amide bonds. The summed E-state index contributed by atoms with van der Waals surface area (Å²) < 4.78 is 3.90. The zero-order chi connectivity index (χ0) is 17.1. The van der Waals surface area contributed by atoms with Gasteiger partial charge in [0.2, 0.25) is 0 Å². The van der Waals surface area contributed by atoms with Gasteiger partial charge in [0, 0.05) is 27.2 Å². The van der Waals surface area contributed by atoms with Gasteiger partial charge >= 0.3 is 5.69 Å². The van der Waals surface area contributed by atoms with Crippen LogP contribution in [0, 0.1) is 0 Å². The van der Waals surface area contributed by atoms with E-state index in [1.807, 2.05) is 11.8 Å². The highest BCUT2D eigenvalue weighted by atomic mass is 16.3. The maximum absolute atomic E-state index is 12.3. The lowest BCUT2D eigenvalue weighted by molar-refractivity contribution is 0.0911. The molecule has 0 aromatic carbocycles. The molecule has 0 saturated heterocycles. The van der Waals surface area contributed by atoms with Crippen LogP contribution in [0.3, 0.4) is 0 Å². The number of imidazole rings is 1. The molecule has 1 atom stereocenters. The fourth-order valence-corrected chi connectivity index (χ4v) is 2.64. The van der Waals surface area contributed by atoms with Crippen molar-refractivity contribution in [2.24, 2.45) is 14.1 Å². The fourth-order valence-electron chi connectivity index (χ4n) is 2.64. The average Bonchev–Trinajstić information content (AvgIpc) is 2.94. The number of hydrogen-bond acceptors (Lipinski definition) is 6. The molecule has 9 nitrogen and oxygen atoms in total. The molecule has 2 rings (SSSR count). The lowest BCUT2D eigenvalue weighted by Crippen LogP contribution is -2.39. The molecule has 23 heavy (non-hydrogen) atoms. The van der Waals surface area contributed by atoms with Crippen LogP contribution in [0.2, 0.25) is 0 Å². The van der Waals surface area contributed by atoms with Gasteiger partial charge in [0.15, 0.2) is 11.2 Å². The van der Waals surface area contributed by atoms with E-state index in [2.05, 4.69) is 4.98 Å². The van der Waals surface area contributed by atoms with Gasteiger partial charge in [0.1, 0.15) is 0 Å². The van der Waals surface area contributed by atoms with Crippen LogP contribution in [0.25, 0.3) is 11.2 Å². The Bertz CT molecular complexity index is 791. The van der Waals surface area contributed by atoms with Crippen molar-refractivity contribution in [3.05, 3.63) is 27.2 Å². The van der Waals surface area contributed by atoms with Gasteiger partial charge in [-0.2, -0.15) is 0 Å². The molecule has 0 radical (unpaired) electrons. The van der Waals surface area contributed by atoms with Gasteiger partial charge in [-0.1, -0.05) is 6.92 Å². The van der Waals surface area contributed by atoms with Gasteiger partial charge in [-0.05, 0) is 6.54 Å².